The minimum absolute atomic E-state index is 0.235. The predicted molar refractivity (Wildman–Crippen MR) is 186 cm³/mol. The van der Waals surface area contributed by atoms with E-state index in [4.69, 9.17) is 14.6 Å². The van der Waals surface area contributed by atoms with E-state index in [1.54, 1.807) is 0 Å². The molecular formula is C36H68N2O11. The summed E-state index contributed by atoms with van der Waals surface area (Å²) >= 11 is 0. The smallest absolute Gasteiger partial charge is 0.303 e. The molecule has 8 atom stereocenters. The number of carboxylic acid groups (broad SMARTS) is 1. The van der Waals surface area contributed by atoms with Gasteiger partial charge in [-0.25, -0.2) is 0 Å². The van der Waals surface area contributed by atoms with Crippen LogP contribution in [0.1, 0.15) is 149 Å². The Labute approximate surface area is 293 Å². The van der Waals surface area contributed by atoms with Gasteiger partial charge in [-0.1, -0.05) is 117 Å². The molecule has 1 fully saturated rings. The zero-order valence-corrected chi connectivity index (χ0v) is 30.1. The van der Waals surface area contributed by atoms with Gasteiger partial charge in [-0.05, 0) is 12.8 Å². The van der Waals surface area contributed by atoms with Crippen LogP contribution in [-0.2, 0) is 23.9 Å². The van der Waals surface area contributed by atoms with Crippen LogP contribution in [0, 0.1) is 0 Å². The number of hydrogen-bond acceptors (Lipinski definition) is 10. The molecule has 49 heavy (non-hydrogen) atoms. The number of carboxylic acids is 1. The van der Waals surface area contributed by atoms with Gasteiger partial charge in [-0.2, -0.15) is 0 Å². The van der Waals surface area contributed by atoms with Gasteiger partial charge in [0.05, 0.1) is 25.2 Å². The molecule has 0 aromatic carbocycles. The van der Waals surface area contributed by atoms with E-state index in [-0.39, 0.29) is 38.3 Å². The van der Waals surface area contributed by atoms with Crippen molar-refractivity contribution >= 4 is 17.8 Å². The van der Waals surface area contributed by atoms with Crippen molar-refractivity contribution in [2.75, 3.05) is 13.2 Å². The summed E-state index contributed by atoms with van der Waals surface area (Å²) < 4.78 is 11.4. The first-order valence-corrected chi connectivity index (χ1v) is 19.0. The van der Waals surface area contributed by atoms with E-state index in [2.05, 4.69) is 24.5 Å². The molecule has 1 aliphatic rings. The van der Waals surface area contributed by atoms with Gasteiger partial charge >= 0.3 is 5.97 Å². The SMILES string of the molecule is CCCCCCCCCCCCCC[C@@H](O)C(O)[C@H](COC1OC(CNC(=O)CCC(=O)O)C(O)C(O)C1O)NC(=O)CCCCCCC. The molecule has 13 nitrogen and oxygen atoms in total. The molecule has 1 aliphatic heterocycles. The Morgan fingerprint density at radius 2 is 1.20 bits per heavy atom. The summed E-state index contributed by atoms with van der Waals surface area (Å²) in [5.41, 5.74) is 0. The van der Waals surface area contributed by atoms with E-state index < -0.39 is 60.8 Å². The summed E-state index contributed by atoms with van der Waals surface area (Å²) in [5.74, 6) is -2.06. The van der Waals surface area contributed by atoms with E-state index in [1.807, 2.05) is 0 Å². The molecule has 0 bridgehead atoms. The van der Waals surface area contributed by atoms with E-state index in [9.17, 15) is 39.9 Å². The molecule has 0 aromatic rings. The summed E-state index contributed by atoms with van der Waals surface area (Å²) in [7, 11) is 0. The van der Waals surface area contributed by atoms with Crippen molar-refractivity contribution in [1.29, 1.82) is 0 Å². The molecule has 1 saturated heterocycles. The first-order valence-electron chi connectivity index (χ1n) is 19.0. The van der Waals surface area contributed by atoms with Gasteiger partial charge in [-0.15, -0.1) is 0 Å². The van der Waals surface area contributed by atoms with Crippen LogP contribution < -0.4 is 10.6 Å². The van der Waals surface area contributed by atoms with E-state index in [1.165, 1.54) is 51.4 Å². The van der Waals surface area contributed by atoms with Crippen LogP contribution in [0.15, 0.2) is 0 Å². The Morgan fingerprint density at radius 3 is 1.76 bits per heavy atom. The highest BCUT2D eigenvalue weighted by Gasteiger charge is 2.45. The third-order valence-corrected chi connectivity index (χ3v) is 9.19. The van der Waals surface area contributed by atoms with Crippen molar-refractivity contribution in [3.8, 4) is 0 Å². The highest BCUT2D eigenvalue weighted by molar-refractivity contribution is 5.80. The zero-order chi connectivity index (χ0) is 36.4. The van der Waals surface area contributed by atoms with Gasteiger partial charge < -0.3 is 50.7 Å². The summed E-state index contributed by atoms with van der Waals surface area (Å²) in [5, 5.41) is 67.3. The van der Waals surface area contributed by atoms with Crippen molar-refractivity contribution in [2.45, 2.75) is 198 Å². The van der Waals surface area contributed by atoms with E-state index in [0.717, 1.165) is 44.9 Å². The van der Waals surface area contributed by atoms with Crippen LogP contribution in [0.3, 0.4) is 0 Å². The third-order valence-electron chi connectivity index (χ3n) is 9.19. The molecular weight excluding hydrogens is 636 g/mol. The maximum absolute atomic E-state index is 12.8. The maximum Gasteiger partial charge on any atom is 0.303 e. The molecule has 13 heteroatoms. The monoisotopic (exact) mass is 704 g/mol. The highest BCUT2D eigenvalue weighted by Crippen LogP contribution is 2.23. The molecule has 6 unspecified atom stereocenters. The van der Waals surface area contributed by atoms with Crippen LogP contribution in [0.2, 0.25) is 0 Å². The lowest BCUT2D eigenvalue weighted by molar-refractivity contribution is -0.297. The number of aliphatic carboxylic acids is 1. The lowest BCUT2D eigenvalue weighted by atomic mass is 9.98. The highest BCUT2D eigenvalue weighted by atomic mass is 16.7. The van der Waals surface area contributed by atoms with Crippen LogP contribution in [-0.4, -0.2) is 111 Å². The van der Waals surface area contributed by atoms with Gasteiger partial charge in [0.25, 0.3) is 0 Å². The van der Waals surface area contributed by atoms with Gasteiger partial charge in [0.15, 0.2) is 6.29 Å². The normalized spacial score (nSPS) is 22.7. The quantitative estimate of drug-likeness (QED) is 0.0507. The van der Waals surface area contributed by atoms with Crippen molar-refractivity contribution in [2.24, 2.45) is 0 Å². The average Bonchev–Trinajstić information content (AvgIpc) is 3.08. The summed E-state index contributed by atoms with van der Waals surface area (Å²) in [6, 6.07) is -1.05. The first-order chi connectivity index (χ1) is 23.5. The Morgan fingerprint density at radius 1 is 0.673 bits per heavy atom. The number of nitrogens with one attached hydrogen (secondary N) is 2. The fourth-order valence-electron chi connectivity index (χ4n) is 5.97. The van der Waals surface area contributed by atoms with Crippen molar-refractivity contribution in [1.82, 2.24) is 10.6 Å². The van der Waals surface area contributed by atoms with Crippen molar-refractivity contribution in [3.05, 3.63) is 0 Å². The molecule has 0 radical (unpaired) electrons. The van der Waals surface area contributed by atoms with Crippen molar-refractivity contribution < 1.29 is 54.5 Å². The summed E-state index contributed by atoms with van der Waals surface area (Å²) in [6.07, 6.45) is 8.50. The molecule has 1 rings (SSSR count). The molecule has 0 aromatic heterocycles. The summed E-state index contributed by atoms with van der Waals surface area (Å²) in [6.45, 7) is 3.66. The summed E-state index contributed by atoms with van der Waals surface area (Å²) in [4.78, 5) is 35.5. The van der Waals surface area contributed by atoms with Crippen molar-refractivity contribution in [3.63, 3.8) is 0 Å². The lowest BCUT2D eigenvalue weighted by Gasteiger charge is -2.41. The van der Waals surface area contributed by atoms with E-state index in [0.29, 0.717) is 19.3 Å². The Kier molecular flexibility index (Phi) is 25.6. The Hall–Kier alpha value is -1.87. The standard InChI is InChI=1S/C36H68N2O11/c1-3-5-7-9-10-11-12-13-14-15-17-18-20-27(39)32(44)26(38-30(41)21-19-16-8-6-4-2)25-48-36-35(47)34(46)33(45)28(49-36)24-37-29(40)22-23-31(42)43/h26-28,32-36,39,44-47H,3-25H2,1-2H3,(H,37,40)(H,38,41)(H,42,43)/t26-,27+,28?,32?,33?,34?,35?,36?/m0/s1. The molecule has 0 saturated carbocycles. The van der Waals surface area contributed by atoms with Gasteiger partial charge in [0, 0.05) is 19.4 Å². The minimum Gasteiger partial charge on any atom is -0.481 e. The zero-order valence-electron chi connectivity index (χ0n) is 30.1. The number of amides is 2. The second-order valence-electron chi connectivity index (χ2n) is 13.6. The van der Waals surface area contributed by atoms with Crippen LogP contribution in [0.4, 0.5) is 0 Å². The molecule has 0 spiro atoms. The number of ether oxygens (including phenoxy) is 2. The van der Waals surface area contributed by atoms with Crippen LogP contribution in [0.25, 0.3) is 0 Å². The maximum atomic E-state index is 12.8. The lowest BCUT2D eigenvalue weighted by Crippen LogP contribution is -2.61. The fourth-order valence-corrected chi connectivity index (χ4v) is 5.97. The Bertz CT molecular complexity index is 880. The van der Waals surface area contributed by atoms with Gasteiger partial charge in [-0.3, -0.25) is 14.4 Å². The molecule has 288 valence electrons. The number of rotatable bonds is 30. The molecule has 1 heterocycles. The second-order valence-corrected chi connectivity index (χ2v) is 13.6. The number of carbonyl (C=O) groups excluding carboxylic acids is 2. The largest absolute Gasteiger partial charge is 0.481 e. The third kappa shape index (κ3) is 20.5. The number of aliphatic hydroxyl groups is 5. The number of hydrogen-bond donors (Lipinski definition) is 8. The first kappa shape index (κ1) is 45.2. The number of unbranched alkanes of at least 4 members (excludes halogenated alkanes) is 15. The molecule has 8 N–H and O–H groups in total. The molecule has 0 aliphatic carbocycles. The Balaban J connectivity index is 2.67. The van der Waals surface area contributed by atoms with E-state index >= 15 is 0 Å². The fraction of sp³-hybridized carbons (Fsp3) is 0.917. The van der Waals surface area contributed by atoms with Gasteiger partial charge in [0.1, 0.15) is 30.5 Å². The topological polar surface area (TPSA) is 215 Å². The number of aliphatic hydroxyl groups excluding tert-OH is 5. The average molecular weight is 705 g/mol. The second kappa shape index (κ2) is 27.8. The molecule has 2 amide bonds. The minimum atomic E-state index is -1.70. The number of carbonyl (C=O) groups is 3. The van der Waals surface area contributed by atoms with Crippen LogP contribution in [0.5, 0.6) is 0 Å². The van der Waals surface area contributed by atoms with Crippen LogP contribution >= 0.6 is 0 Å². The van der Waals surface area contributed by atoms with Gasteiger partial charge in [0.2, 0.25) is 11.8 Å². The predicted octanol–water partition coefficient (Wildman–Crippen LogP) is 3.45.